The van der Waals surface area contributed by atoms with Crippen LogP contribution < -0.4 is 10.6 Å². The lowest BCUT2D eigenvalue weighted by Crippen LogP contribution is -2.59. The van der Waals surface area contributed by atoms with Gasteiger partial charge in [-0.3, -0.25) is 4.79 Å². The summed E-state index contributed by atoms with van der Waals surface area (Å²) in [5, 5.41) is 14.9. The molecular formula is C25H23N3O6S. The zero-order chi connectivity index (χ0) is 24.4. The Labute approximate surface area is 205 Å². The molecule has 1 saturated heterocycles. The highest BCUT2D eigenvalue weighted by atomic mass is 32.1. The van der Waals surface area contributed by atoms with E-state index in [-0.39, 0.29) is 30.6 Å². The molecule has 1 aliphatic heterocycles. The van der Waals surface area contributed by atoms with Gasteiger partial charge in [-0.05, 0) is 22.3 Å². The molecule has 1 aliphatic carbocycles. The Balaban J connectivity index is 1.23. The van der Waals surface area contributed by atoms with Crippen molar-refractivity contribution in [3.63, 3.8) is 0 Å². The molecule has 35 heavy (non-hydrogen) atoms. The van der Waals surface area contributed by atoms with Gasteiger partial charge in [0.15, 0.2) is 0 Å². The molecule has 3 N–H and O–H groups in total. The lowest BCUT2D eigenvalue weighted by molar-refractivity contribution is -0.127. The summed E-state index contributed by atoms with van der Waals surface area (Å²) < 4.78 is 11.0. The van der Waals surface area contributed by atoms with Gasteiger partial charge in [-0.1, -0.05) is 48.5 Å². The zero-order valence-electron chi connectivity index (χ0n) is 18.7. The molecule has 2 aliphatic rings. The molecule has 0 saturated carbocycles. The number of benzene rings is 2. The summed E-state index contributed by atoms with van der Waals surface area (Å²) in [6.45, 7) is 0.513. The second kappa shape index (κ2) is 9.47. The molecule has 0 spiro atoms. The Bertz CT molecular complexity index is 1240. The summed E-state index contributed by atoms with van der Waals surface area (Å²) in [7, 11) is 0. The summed E-state index contributed by atoms with van der Waals surface area (Å²) >= 11 is 0.981. The fraction of sp³-hybridized carbons (Fsp3) is 0.280. The van der Waals surface area contributed by atoms with Crippen LogP contribution in [0, 0.1) is 0 Å². The standard InChI is InChI=1S/C25H23N3O6S/c29-22(30)20-11-26-21(35-20)12-27-23(31)25(9-10-33-14-25)28-24(32)34-13-19-17-7-3-1-5-15(17)16-6-2-4-8-18(16)19/h1-8,11,19H,9-10,12-14H2,(H,27,31)(H,28,32)(H,29,30). The number of alkyl carbamates (subject to hydrolysis) is 1. The number of nitrogens with one attached hydrogen (secondary N) is 2. The Morgan fingerprint density at radius 3 is 2.40 bits per heavy atom. The zero-order valence-corrected chi connectivity index (χ0v) is 19.5. The Morgan fingerprint density at radius 2 is 1.80 bits per heavy atom. The average Bonchev–Trinajstić information content (AvgIpc) is 3.60. The molecule has 0 bridgehead atoms. The number of aromatic nitrogens is 1. The number of aromatic carboxylic acids is 1. The summed E-state index contributed by atoms with van der Waals surface area (Å²) in [4.78, 5) is 40.9. The van der Waals surface area contributed by atoms with E-state index in [1.165, 1.54) is 6.20 Å². The maximum atomic E-state index is 13.0. The van der Waals surface area contributed by atoms with E-state index in [0.717, 1.165) is 33.6 Å². The maximum absolute atomic E-state index is 13.0. The third-order valence-electron chi connectivity index (χ3n) is 6.31. The molecule has 2 aromatic carbocycles. The van der Waals surface area contributed by atoms with Crippen LogP contribution in [0.2, 0.25) is 0 Å². The second-order valence-corrected chi connectivity index (χ2v) is 9.56. The molecule has 1 fully saturated rings. The molecule has 5 rings (SSSR count). The van der Waals surface area contributed by atoms with Crippen molar-refractivity contribution in [2.45, 2.75) is 24.4 Å². The highest BCUT2D eigenvalue weighted by Crippen LogP contribution is 2.44. The molecule has 9 nitrogen and oxygen atoms in total. The molecule has 1 aromatic heterocycles. The third kappa shape index (κ3) is 4.50. The maximum Gasteiger partial charge on any atom is 0.408 e. The largest absolute Gasteiger partial charge is 0.477 e. The van der Waals surface area contributed by atoms with E-state index >= 15 is 0 Å². The molecule has 1 atom stereocenters. The fourth-order valence-electron chi connectivity index (χ4n) is 4.55. The van der Waals surface area contributed by atoms with Crippen LogP contribution in [0.4, 0.5) is 4.79 Å². The Kier molecular flexibility index (Phi) is 6.23. The minimum atomic E-state index is -1.27. The lowest BCUT2D eigenvalue weighted by Gasteiger charge is -2.27. The van der Waals surface area contributed by atoms with Crippen LogP contribution in [0.25, 0.3) is 11.1 Å². The van der Waals surface area contributed by atoms with Crippen molar-refractivity contribution in [2.75, 3.05) is 19.8 Å². The number of carboxylic acid groups (broad SMARTS) is 1. The minimum Gasteiger partial charge on any atom is -0.477 e. The van der Waals surface area contributed by atoms with E-state index in [2.05, 4.69) is 27.8 Å². The Morgan fingerprint density at radius 1 is 1.11 bits per heavy atom. The lowest BCUT2D eigenvalue weighted by atomic mass is 9.97. The topological polar surface area (TPSA) is 127 Å². The van der Waals surface area contributed by atoms with Gasteiger partial charge in [0.25, 0.3) is 0 Å². The number of rotatable bonds is 7. The summed E-state index contributed by atoms with van der Waals surface area (Å²) in [5.74, 6) is -1.60. The first-order valence-corrected chi connectivity index (χ1v) is 12.0. The van der Waals surface area contributed by atoms with Crippen LogP contribution in [-0.4, -0.2) is 53.4 Å². The molecule has 2 amide bonds. The number of amides is 2. The van der Waals surface area contributed by atoms with Crippen molar-refractivity contribution < 1.29 is 29.0 Å². The molecule has 3 aromatic rings. The number of carbonyl (C=O) groups is 3. The molecular weight excluding hydrogens is 470 g/mol. The van der Waals surface area contributed by atoms with Gasteiger partial charge in [-0.15, -0.1) is 11.3 Å². The van der Waals surface area contributed by atoms with Gasteiger partial charge in [0.1, 0.15) is 22.0 Å². The van der Waals surface area contributed by atoms with E-state index in [1.54, 1.807) is 0 Å². The minimum absolute atomic E-state index is 0.0152. The highest BCUT2D eigenvalue weighted by molar-refractivity contribution is 7.13. The second-order valence-electron chi connectivity index (χ2n) is 8.44. The molecule has 180 valence electrons. The van der Waals surface area contributed by atoms with Crippen molar-refractivity contribution in [3.05, 3.63) is 75.7 Å². The smallest absolute Gasteiger partial charge is 0.408 e. The molecule has 2 heterocycles. The fourth-order valence-corrected chi connectivity index (χ4v) is 5.24. The van der Waals surface area contributed by atoms with Crippen LogP contribution in [0.5, 0.6) is 0 Å². The van der Waals surface area contributed by atoms with Gasteiger partial charge in [0.05, 0.1) is 19.3 Å². The summed E-state index contributed by atoms with van der Waals surface area (Å²) in [6, 6.07) is 16.1. The van der Waals surface area contributed by atoms with Gasteiger partial charge < -0.3 is 25.2 Å². The number of carbonyl (C=O) groups excluding carboxylic acids is 2. The van der Waals surface area contributed by atoms with Gasteiger partial charge in [0.2, 0.25) is 5.91 Å². The monoisotopic (exact) mass is 493 g/mol. The van der Waals surface area contributed by atoms with Crippen LogP contribution in [0.1, 0.15) is 38.1 Å². The highest BCUT2D eigenvalue weighted by Gasteiger charge is 2.44. The van der Waals surface area contributed by atoms with E-state index in [0.29, 0.717) is 18.0 Å². The van der Waals surface area contributed by atoms with E-state index in [1.807, 2.05) is 36.4 Å². The van der Waals surface area contributed by atoms with Gasteiger partial charge in [0, 0.05) is 18.9 Å². The summed E-state index contributed by atoms with van der Waals surface area (Å²) in [6.07, 6.45) is 0.842. The summed E-state index contributed by atoms with van der Waals surface area (Å²) in [5.41, 5.74) is 3.19. The van der Waals surface area contributed by atoms with E-state index in [4.69, 9.17) is 14.6 Å². The molecule has 1 unspecified atom stereocenters. The van der Waals surface area contributed by atoms with Gasteiger partial charge in [-0.2, -0.15) is 0 Å². The number of hydrogen-bond donors (Lipinski definition) is 3. The Hall–Kier alpha value is -3.76. The molecule has 0 radical (unpaired) electrons. The molecule has 10 heteroatoms. The number of thiazole rings is 1. The number of ether oxygens (including phenoxy) is 2. The third-order valence-corrected chi connectivity index (χ3v) is 7.29. The van der Waals surface area contributed by atoms with Crippen molar-refractivity contribution in [3.8, 4) is 11.1 Å². The average molecular weight is 494 g/mol. The quantitative estimate of drug-likeness (QED) is 0.461. The first-order valence-electron chi connectivity index (χ1n) is 11.1. The number of fused-ring (bicyclic) bond motifs is 3. The number of carboxylic acids is 1. The number of hydrogen-bond acceptors (Lipinski definition) is 7. The van der Waals surface area contributed by atoms with E-state index in [9.17, 15) is 14.4 Å². The van der Waals surface area contributed by atoms with Crippen LogP contribution in [0.15, 0.2) is 54.7 Å². The normalized spacial score (nSPS) is 18.5. The predicted octanol–water partition coefficient (Wildman–Crippen LogP) is 3.16. The van der Waals surface area contributed by atoms with Crippen LogP contribution >= 0.6 is 11.3 Å². The van der Waals surface area contributed by atoms with Crippen molar-refractivity contribution in [1.82, 2.24) is 15.6 Å². The number of nitrogens with zero attached hydrogens (tertiary/aromatic N) is 1. The van der Waals surface area contributed by atoms with Gasteiger partial charge in [-0.25, -0.2) is 14.6 Å². The van der Waals surface area contributed by atoms with Crippen LogP contribution in [0.3, 0.4) is 0 Å². The first-order chi connectivity index (χ1) is 17.0. The van der Waals surface area contributed by atoms with Crippen molar-refractivity contribution in [1.29, 1.82) is 0 Å². The van der Waals surface area contributed by atoms with Crippen molar-refractivity contribution in [2.24, 2.45) is 0 Å². The SMILES string of the molecule is O=C(NC1(C(=O)NCc2ncc(C(=O)O)s2)CCOC1)OCC1c2ccccc2-c2ccccc21. The van der Waals surface area contributed by atoms with Crippen LogP contribution in [-0.2, 0) is 20.8 Å². The first kappa shape index (κ1) is 23.0. The van der Waals surface area contributed by atoms with E-state index < -0.39 is 23.5 Å². The predicted molar refractivity (Wildman–Crippen MR) is 127 cm³/mol. The van der Waals surface area contributed by atoms with Gasteiger partial charge >= 0.3 is 12.1 Å². The van der Waals surface area contributed by atoms with Crippen molar-refractivity contribution >= 4 is 29.3 Å².